The van der Waals surface area contributed by atoms with Gasteiger partial charge in [-0.25, -0.2) is 4.79 Å². The van der Waals surface area contributed by atoms with Crippen LogP contribution in [0, 0.1) is 0 Å². The molecule has 0 saturated carbocycles. The van der Waals surface area contributed by atoms with E-state index in [2.05, 4.69) is 5.32 Å². The van der Waals surface area contributed by atoms with Crippen LogP contribution < -0.4 is 5.32 Å². The first-order valence-corrected chi connectivity index (χ1v) is 7.29. The van der Waals surface area contributed by atoms with Crippen molar-refractivity contribution < 1.29 is 19.4 Å². The van der Waals surface area contributed by atoms with Gasteiger partial charge in [0.2, 0.25) is 5.91 Å². The Hall–Kier alpha value is -1.66. The molecule has 0 bridgehead atoms. The fourth-order valence-corrected chi connectivity index (χ4v) is 2.87. The maximum atomic E-state index is 11.9. The average molecular weight is 295 g/mol. The number of ether oxygens (including phenoxy) is 1. The number of amides is 1. The molecule has 1 aromatic rings. The van der Waals surface area contributed by atoms with Gasteiger partial charge in [0.1, 0.15) is 6.10 Å². The van der Waals surface area contributed by atoms with E-state index >= 15 is 0 Å². The second kappa shape index (κ2) is 6.67. The van der Waals surface area contributed by atoms with Crippen LogP contribution in [0.4, 0.5) is 0 Å². The van der Waals surface area contributed by atoms with Crippen molar-refractivity contribution in [1.29, 1.82) is 0 Å². The summed E-state index contributed by atoms with van der Waals surface area (Å²) < 4.78 is 5.50. The van der Waals surface area contributed by atoms with E-state index in [9.17, 15) is 9.59 Å². The summed E-state index contributed by atoms with van der Waals surface area (Å²) in [6.07, 6.45) is 4.14. The van der Waals surface area contributed by atoms with Gasteiger partial charge in [0.25, 0.3) is 0 Å². The molecule has 0 spiro atoms. The van der Waals surface area contributed by atoms with Gasteiger partial charge in [0, 0.05) is 15.8 Å². The van der Waals surface area contributed by atoms with E-state index in [4.69, 9.17) is 9.84 Å². The molecule has 5 nitrogen and oxygen atoms in total. The maximum absolute atomic E-state index is 11.9. The van der Waals surface area contributed by atoms with Crippen LogP contribution in [0.3, 0.4) is 0 Å². The fraction of sp³-hybridized carbons (Fsp3) is 0.429. The Bertz CT molecular complexity index is 523. The van der Waals surface area contributed by atoms with E-state index in [0.29, 0.717) is 6.54 Å². The third-order valence-electron chi connectivity index (χ3n) is 3.03. The van der Waals surface area contributed by atoms with Gasteiger partial charge in [-0.3, -0.25) is 4.79 Å². The first-order chi connectivity index (χ1) is 9.54. The van der Waals surface area contributed by atoms with E-state index in [1.54, 1.807) is 6.08 Å². The average Bonchev–Trinajstić information content (AvgIpc) is 3.02. The molecule has 2 rings (SSSR count). The van der Waals surface area contributed by atoms with Gasteiger partial charge in [-0.05, 0) is 38.0 Å². The molecular weight excluding hydrogens is 278 g/mol. The predicted molar refractivity (Wildman–Crippen MR) is 76.4 cm³/mol. The number of carboxylic acid groups (broad SMARTS) is 1. The van der Waals surface area contributed by atoms with Crippen LogP contribution in [0.1, 0.15) is 29.5 Å². The summed E-state index contributed by atoms with van der Waals surface area (Å²) in [5.74, 6) is -1.05. The maximum Gasteiger partial charge on any atom is 0.328 e. The number of hydrogen-bond donors (Lipinski definition) is 2. The minimum atomic E-state index is -0.972. The van der Waals surface area contributed by atoms with Gasteiger partial charge < -0.3 is 15.2 Å². The Labute approximate surface area is 121 Å². The van der Waals surface area contributed by atoms with E-state index in [-0.39, 0.29) is 18.1 Å². The summed E-state index contributed by atoms with van der Waals surface area (Å²) in [4.78, 5) is 24.1. The summed E-state index contributed by atoms with van der Waals surface area (Å²) in [6, 6.07) is 3.71. The van der Waals surface area contributed by atoms with Crippen molar-refractivity contribution >= 4 is 29.3 Å². The molecule has 108 valence electrons. The third kappa shape index (κ3) is 4.18. The minimum Gasteiger partial charge on any atom is -0.478 e. The van der Waals surface area contributed by atoms with Crippen molar-refractivity contribution in [3.8, 4) is 0 Å². The van der Waals surface area contributed by atoms with Crippen LogP contribution in [0.5, 0.6) is 0 Å². The highest BCUT2D eigenvalue weighted by Crippen LogP contribution is 2.20. The molecule has 1 saturated heterocycles. The lowest BCUT2D eigenvalue weighted by Crippen LogP contribution is -2.33. The number of carbonyl (C=O) groups excluding carboxylic acids is 1. The summed E-state index contributed by atoms with van der Waals surface area (Å²) >= 11 is 1.45. The second-order valence-electron chi connectivity index (χ2n) is 4.71. The molecule has 1 amide bonds. The minimum absolute atomic E-state index is 0.0784. The molecule has 1 aromatic heterocycles. The second-order valence-corrected chi connectivity index (χ2v) is 5.91. The molecule has 2 atom stereocenters. The Balaban J connectivity index is 1.82. The quantitative estimate of drug-likeness (QED) is 0.815. The number of nitrogens with one attached hydrogen (secondary N) is 1. The molecule has 2 heterocycles. The molecule has 2 N–H and O–H groups in total. The zero-order valence-electron chi connectivity index (χ0n) is 11.2. The monoisotopic (exact) mass is 295 g/mol. The molecule has 0 aromatic carbocycles. The van der Waals surface area contributed by atoms with Crippen LogP contribution in [-0.2, 0) is 20.9 Å². The first kappa shape index (κ1) is 14.7. The molecule has 1 aliphatic heterocycles. The summed E-state index contributed by atoms with van der Waals surface area (Å²) in [5.41, 5.74) is 0. The van der Waals surface area contributed by atoms with Crippen molar-refractivity contribution in [3.05, 3.63) is 28.0 Å². The Kier molecular flexibility index (Phi) is 4.92. The van der Waals surface area contributed by atoms with Gasteiger partial charge in [-0.2, -0.15) is 0 Å². The molecule has 0 aliphatic carbocycles. The molecule has 0 radical (unpaired) electrons. The van der Waals surface area contributed by atoms with Crippen molar-refractivity contribution in [2.45, 2.75) is 38.5 Å². The lowest BCUT2D eigenvalue weighted by atomic mass is 10.2. The van der Waals surface area contributed by atoms with Gasteiger partial charge in [0.05, 0.1) is 12.6 Å². The smallest absolute Gasteiger partial charge is 0.328 e. The normalized spacial score (nSPS) is 22.2. The van der Waals surface area contributed by atoms with Crippen LogP contribution >= 0.6 is 11.3 Å². The topological polar surface area (TPSA) is 75.6 Å². The third-order valence-corrected chi connectivity index (χ3v) is 4.08. The number of rotatable bonds is 5. The first-order valence-electron chi connectivity index (χ1n) is 6.47. The lowest BCUT2D eigenvalue weighted by Gasteiger charge is -2.10. The van der Waals surface area contributed by atoms with Crippen molar-refractivity contribution in [2.75, 3.05) is 0 Å². The summed E-state index contributed by atoms with van der Waals surface area (Å²) in [6.45, 7) is 2.41. The van der Waals surface area contributed by atoms with E-state index < -0.39 is 5.97 Å². The van der Waals surface area contributed by atoms with Crippen LogP contribution in [0.2, 0.25) is 0 Å². The van der Waals surface area contributed by atoms with Gasteiger partial charge in [-0.15, -0.1) is 11.3 Å². The Morgan fingerprint density at radius 3 is 2.95 bits per heavy atom. The van der Waals surface area contributed by atoms with E-state index in [1.807, 2.05) is 19.1 Å². The number of carbonyl (C=O) groups is 2. The number of hydrogen-bond acceptors (Lipinski definition) is 4. The Morgan fingerprint density at radius 2 is 2.30 bits per heavy atom. The summed E-state index contributed by atoms with van der Waals surface area (Å²) in [7, 11) is 0. The molecule has 1 fully saturated rings. The Morgan fingerprint density at radius 1 is 1.50 bits per heavy atom. The lowest BCUT2D eigenvalue weighted by molar-refractivity contribution is -0.132. The molecule has 6 heteroatoms. The van der Waals surface area contributed by atoms with Crippen molar-refractivity contribution in [1.82, 2.24) is 5.32 Å². The van der Waals surface area contributed by atoms with E-state index in [1.165, 1.54) is 11.3 Å². The van der Waals surface area contributed by atoms with Crippen LogP contribution in [0.15, 0.2) is 18.2 Å². The summed E-state index contributed by atoms with van der Waals surface area (Å²) in [5, 5.41) is 11.4. The van der Waals surface area contributed by atoms with Crippen LogP contribution in [-0.4, -0.2) is 29.2 Å². The van der Waals surface area contributed by atoms with Gasteiger partial charge in [0.15, 0.2) is 0 Å². The zero-order chi connectivity index (χ0) is 14.5. The fourth-order valence-electron chi connectivity index (χ4n) is 2.02. The van der Waals surface area contributed by atoms with Crippen molar-refractivity contribution in [2.24, 2.45) is 0 Å². The highest BCUT2D eigenvalue weighted by atomic mass is 32.1. The van der Waals surface area contributed by atoms with Gasteiger partial charge in [-0.1, -0.05) is 0 Å². The highest BCUT2D eigenvalue weighted by Gasteiger charge is 2.27. The van der Waals surface area contributed by atoms with E-state index in [0.717, 1.165) is 28.7 Å². The highest BCUT2D eigenvalue weighted by molar-refractivity contribution is 7.12. The molecule has 20 heavy (non-hydrogen) atoms. The number of thiophene rings is 1. The largest absolute Gasteiger partial charge is 0.478 e. The van der Waals surface area contributed by atoms with Crippen LogP contribution in [0.25, 0.3) is 6.08 Å². The number of carboxylic acids is 1. The van der Waals surface area contributed by atoms with Crippen molar-refractivity contribution in [3.63, 3.8) is 0 Å². The molecular formula is C14H17NO4S. The standard InChI is InChI=1S/C14H17NO4S/c1-9-2-6-12(19-9)14(18)15-8-11-4-3-10(20-11)5-7-13(16)17/h3-5,7,9,12H,2,6,8H2,1H3,(H,15,18)(H,16,17)/b7-5+. The predicted octanol–water partition coefficient (Wildman–Crippen LogP) is 2.03. The molecule has 2 unspecified atom stereocenters. The zero-order valence-corrected chi connectivity index (χ0v) is 12.0. The molecule has 1 aliphatic rings. The SMILES string of the molecule is CC1CCC(C(=O)NCc2ccc(/C=C/C(=O)O)s2)O1. The van der Waals surface area contributed by atoms with Gasteiger partial charge >= 0.3 is 5.97 Å². The number of aliphatic carboxylic acids is 1.